The van der Waals surface area contributed by atoms with Crippen molar-refractivity contribution < 1.29 is 14.2 Å². The molecule has 16 heavy (non-hydrogen) atoms. The van der Waals surface area contributed by atoms with E-state index in [2.05, 4.69) is 0 Å². The lowest BCUT2D eigenvalue weighted by atomic mass is 9.88. The molecule has 1 saturated carbocycles. The third-order valence-corrected chi connectivity index (χ3v) is 3.30. The van der Waals surface area contributed by atoms with Crippen molar-refractivity contribution in [3.63, 3.8) is 0 Å². The molecule has 0 spiro atoms. The van der Waals surface area contributed by atoms with Gasteiger partial charge in [-0.3, -0.25) is 0 Å². The average Bonchev–Trinajstić information content (AvgIpc) is 2.66. The Kier molecular flexibility index (Phi) is 2.76. The fourth-order valence-electron chi connectivity index (χ4n) is 2.37. The summed E-state index contributed by atoms with van der Waals surface area (Å²) in [6, 6.07) is 2.58. The van der Waals surface area contributed by atoms with Gasteiger partial charge in [0.25, 0.3) is 0 Å². The van der Waals surface area contributed by atoms with Crippen molar-refractivity contribution in [3.05, 3.63) is 23.5 Å². The number of nitrogens with two attached hydrogens (primary N) is 1. The highest BCUT2D eigenvalue weighted by molar-refractivity contribution is 5.45. The lowest BCUT2D eigenvalue weighted by Gasteiger charge is -2.25. The second-order valence-corrected chi connectivity index (χ2v) is 4.37. The summed E-state index contributed by atoms with van der Waals surface area (Å²) in [4.78, 5) is 0. The van der Waals surface area contributed by atoms with E-state index in [-0.39, 0.29) is 11.5 Å². The Balaban J connectivity index is 2.47. The molecule has 1 aromatic rings. The van der Waals surface area contributed by atoms with E-state index < -0.39 is 11.4 Å². The number of benzene rings is 1. The summed E-state index contributed by atoms with van der Waals surface area (Å²) < 4.78 is 18.2. The van der Waals surface area contributed by atoms with Gasteiger partial charge >= 0.3 is 0 Å². The number of ether oxygens (including phenoxy) is 1. The molecule has 3 nitrogen and oxygen atoms in total. The molecule has 0 amide bonds. The van der Waals surface area contributed by atoms with E-state index in [0.717, 1.165) is 31.7 Å². The minimum atomic E-state index is -0.564. The summed E-state index contributed by atoms with van der Waals surface area (Å²) in [7, 11) is 1.40. The van der Waals surface area contributed by atoms with Gasteiger partial charge in [0.05, 0.1) is 7.11 Å². The molecule has 1 aromatic carbocycles. The number of halogens is 1. The van der Waals surface area contributed by atoms with Crippen LogP contribution in [0.3, 0.4) is 0 Å². The van der Waals surface area contributed by atoms with Gasteiger partial charge in [0, 0.05) is 17.2 Å². The first kappa shape index (κ1) is 11.2. The summed E-state index contributed by atoms with van der Waals surface area (Å²) >= 11 is 0. The monoisotopic (exact) mass is 225 g/mol. The van der Waals surface area contributed by atoms with Crippen molar-refractivity contribution >= 4 is 0 Å². The normalized spacial score (nSPS) is 18.7. The van der Waals surface area contributed by atoms with Crippen molar-refractivity contribution in [2.24, 2.45) is 5.73 Å². The molecule has 0 aromatic heterocycles. The van der Waals surface area contributed by atoms with Gasteiger partial charge < -0.3 is 15.6 Å². The molecule has 1 aliphatic rings. The molecule has 0 atom stereocenters. The van der Waals surface area contributed by atoms with Gasteiger partial charge in [-0.1, -0.05) is 12.8 Å². The van der Waals surface area contributed by atoms with Crippen molar-refractivity contribution in [1.82, 2.24) is 0 Å². The quantitative estimate of drug-likeness (QED) is 0.811. The van der Waals surface area contributed by atoms with E-state index in [9.17, 15) is 9.50 Å². The molecule has 0 aliphatic heterocycles. The summed E-state index contributed by atoms with van der Waals surface area (Å²) in [5.41, 5.74) is 6.27. The minimum Gasteiger partial charge on any atom is -0.507 e. The zero-order valence-electron chi connectivity index (χ0n) is 9.29. The first-order chi connectivity index (χ1) is 7.57. The van der Waals surface area contributed by atoms with Crippen LogP contribution in [-0.2, 0) is 5.54 Å². The number of methoxy groups -OCH3 is 1. The van der Waals surface area contributed by atoms with Gasteiger partial charge in [0.1, 0.15) is 5.75 Å². The van der Waals surface area contributed by atoms with Gasteiger partial charge in [-0.15, -0.1) is 0 Å². The highest BCUT2D eigenvalue weighted by Gasteiger charge is 2.34. The van der Waals surface area contributed by atoms with Crippen LogP contribution in [0.5, 0.6) is 11.5 Å². The van der Waals surface area contributed by atoms with Crippen LogP contribution in [0.4, 0.5) is 4.39 Å². The highest BCUT2D eigenvalue weighted by Crippen LogP contribution is 2.42. The smallest absolute Gasteiger partial charge is 0.168 e. The van der Waals surface area contributed by atoms with Gasteiger partial charge in [0.2, 0.25) is 0 Å². The highest BCUT2D eigenvalue weighted by atomic mass is 19.1. The number of phenols is 1. The molecule has 0 saturated heterocycles. The van der Waals surface area contributed by atoms with Crippen LogP contribution >= 0.6 is 0 Å². The predicted octanol–water partition coefficient (Wildman–Crippen LogP) is 2.27. The summed E-state index contributed by atoms with van der Waals surface area (Å²) in [5, 5.41) is 9.76. The number of phenolic OH excluding ortho intramolecular Hbond substituents is 1. The molecule has 2 rings (SSSR count). The molecule has 3 N–H and O–H groups in total. The van der Waals surface area contributed by atoms with Crippen molar-refractivity contribution in [3.8, 4) is 11.5 Å². The molecule has 0 bridgehead atoms. The molecule has 0 unspecified atom stereocenters. The van der Waals surface area contributed by atoms with Gasteiger partial charge in [-0.05, 0) is 18.9 Å². The number of hydrogen-bond acceptors (Lipinski definition) is 3. The Morgan fingerprint density at radius 1 is 1.38 bits per heavy atom. The Morgan fingerprint density at radius 2 is 2.00 bits per heavy atom. The van der Waals surface area contributed by atoms with Crippen molar-refractivity contribution in [2.75, 3.05) is 7.11 Å². The maximum Gasteiger partial charge on any atom is 0.168 e. The fourth-order valence-corrected chi connectivity index (χ4v) is 2.37. The van der Waals surface area contributed by atoms with Crippen molar-refractivity contribution in [2.45, 2.75) is 31.2 Å². The second kappa shape index (κ2) is 3.94. The molecular weight excluding hydrogens is 209 g/mol. The van der Waals surface area contributed by atoms with Crippen LogP contribution in [0.1, 0.15) is 31.2 Å². The first-order valence-corrected chi connectivity index (χ1v) is 5.43. The van der Waals surface area contributed by atoms with Crippen LogP contribution in [0.15, 0.2) is 12.1 Å². The van der Waals surface area contributed by atoms with E-state index in [1.54, 1.807) is 0 Å². The number of hydrogen-bond donors (Lipinski definition) is 2. The summed E-state index contributed by atoms with van der Waals surface area (Å²) in [6.45, 7) is 0. The van der Waals surface area contributed by atoms with Crippen LogP contribution in [0.2, 0.25) is 0 Å². The molecule has 88 valence electrons. The minimum absolute atomic E-state index is 0.0808. The molecule has 0 heterocycles. The molecule has 4 heteroatoms. The third kappa shape index (κ3) is 1.73. The Hall–Kier alpha value is -1.29. The molecule has 1 fully saturated rings. The van der Waals surface area contributed by atoms with E-state index in [1.807, 2.05) is 0 Å². The number of rotatable bonds is 2. The average molecular weight is 225 g/mol. The fraction of sp³-hybridized carbons (Fsp3) is 0.500. The lowest BCUT2D eigenvalue weighted by Crippen LogP contribution is -2.33. The predicted molar refractivity (Wildman–Crippen MR) is 59.0 cm³/mol. The number of aromatic hydroxyl groups is 1. The van der Waals surface area contributed by atoms with Crippen LogP contribution in [-0.4, -0.2) is 12.2 Å². The Labute approximate surface area is 94.0 Å². The molecular formula is C12H16FNO2. The first-order valence-electron chi connectivity index (χ1n) is 5.43. The van der Waals surface area contributed by atoms with E-state index in [0.29, 0.717) is 5.56 Å². The van der Waals surface area contributed by atoms with Gasteiger partial charge in [-0.2, -0.15) is 0 Å². The van der Waals surface area contributed by atoms with E-state index in [4.69, 9.17) is 10.5 Å². The van der Waals surface area contributed by atoms with Gasteiger partial charge in [-0.25, -0.2) is 4.39 Å². The zero-order chi connectivity index (χ0) is 11.8. The largest absolute Gasteiger partial charge is 0.507 e. The van der Waals surface area contributed by atoms with Crippen LogP contribution in [0, 0.1) is 5.82 Å². The topological polar surface area (TPSA) is 55.5 Å². The summed E-state index contributed by atoms with van der Waals surface area (Å²) in [6.07, 6.45) is 3.70. The van der Waals surface area contributed by atoms with Crippen LogP contribution < -0.4 is 10.5 Å². The SMILES string of the molecule is COc1cc(C2(N)CCCC2)c(O)cc1F. The zero-order valence-corrected chi connectivity index (χ0v) is 9.29. The Morgan fingerprint density at radius 3 is 2.56 bits per heavy atom. The molecule has 1 aliphatic carbocycles. The standard InChI is InChI=1S/C12H16FNO2/c1-16-11-6-8(10(15)7-9(11)13)12(14)4-2-3-5-12/h6-7,15H,2-5,14H2,1H3. The van der Waals surface area contributed by atoms with E-state index in [1.165, 1.54) is 13.2 Å². The lowest BCUT2D eigenvalue weighted by molar-refractivity contribution is 0.368. The van der Waals surface area contributed by atoms with E-state index >= 15 is 0 Å². The molecule has 0 radical (unpaired) electrons. The third-order valence-electron chi connectivity index (χ3n) is 3.30. The van der Waals surface area contributed by atoms with Crippen LogP contribution in [0.25, 0.3) is 0 Å². The second-order valence-electron chi connectivity index (χ2n) is 4.37. The van der Waals surface area contributed by atoms with Gasteiger partial charge in [0.15, 0.2) is 11.6 Å². The Bertz CT molecular complexity index is 400. The maximum atomic E-state index is 13.3. The van der Waals surface area contributed by atoms with Crippen molar-refractivity contribution in [1.29, 1.82) is 0 Å². The maximum absolute atomic E-state index is 13.3. The summed E-state index contributed by atoms with van der Waals surface area (Å²) in [5.74, 6) is -0.516.